The van der Waals surface area contributed by atoms with Crippen LogP contribution in [0, 0.1) is 5.92 Å². The zero-order valence-corrected chi connectivity index (χ0v) is 12.5. The molecule has 0 fully saturated rings. The van der Waals surface area contributed by atoms with Gasteiger partial charge in [0.2, 0.25) is 0 Å². The van der Waals surface area contributed by atoms with E-state index in [-0.39, 0.29) is 0 Å². The summed E-state index contributed by atoms with van der Waals surface area (Å²) in [5.74, 6) is 0.639. The lowest BCUT2D eigenvalue weighted by molar-refractivity contribution is 0.278. The summed E-state index contributed by atoms with van der Waals surface area (Å²) in [5.41, 5.74) is 5.71. The Morgan fingerprint density at radius 1 is 1.56 bits per heavy atom. The van der Waals surface area contributed by atoms with Gasteiger partial charge in [0.05, 0.1) is 0 Å². The molecule has 1 atom stereocenters. The summed E-state index contributed by atoms with van der Waals surface area (Å²) in [5, 5.41) is 2.14. The van der Waals surface area contributed by atoms with Gasteiger partial charge < -0.3 is 10.6 Å². The predicted molar refractivity (Wildman–Crippen MR) is 76.1 cm³/mol. The third kappa shape index (κ3) is 4.95. The van der Waals surface area contributed by atoms with Crippen LogP contribution in [0.3, 0.4) is 0 Å². The SMILES string of the molecule is CCC(CN)CN(C)CCc1cc(Br)cs1. The zero-order chi connectivity index (χ0) is 12.0. The van der Waals surface area contributed by atoms with Crippen LogP contribution in [0.2, 0.25) is 0 Å². The second-order valence-electron chi connectivity index (χ2n) is 4.25. The van der Waals surface area contributed by atoms with Gasteiger partial charge in [-0.15, -0.1) is 11.3 Å². The van der Waals surface area contributed by atoms with Gasteiger partial charge in [0.1, 0.15) is 0 Å². The Hall–Kier alpha value is 0.1000. The van der Waals surface area contributed by atoms with Crippen LogP contribution in [0.1, 0.15) is 18.2 Å². The van der Waals surface area contributed by atoms with Crippen molar-refractivity contribution in [2.45, 2.75) is 19.8 Å². The predicted octanol–water partition coefficient (Wildman–Crippen LogP) is 2.97. The molecule has 16 heavy (non-hydrogen) atoms. The van der Waals surface area contributed by atoms with E-state index in [1.54, 1.807) is 0 Å². The highest BCUT2D eigenvalue weighted by atomic mass is 79.9. The molecule has 2 N–H and O–H groups in total. The summed E-state index contributed by atoms with van der Waals surface area (Å²) in [7, 11) is 2.18. The molecule has 1 unspecified atom stereocenters. The van der Waals surface area contributed by atoms with E-state index in [0.29, 0.717) is 5.92 Å². The molecule has 0 spiro atoms. The number of nitrogens with two attached hydrogens (primary N) is 1. The summed E-state index contributed by atoms with van der Waals surface area (Å²) in [6.45, 7) is 5.23. The second kappa shape index (κ2) is 7.43. The fraction of sp³-hybridized carbons (Fsp3) is 0.667. The first-order valence-electron chi connectivity index (χ1n) is 5.77. The van der Waals surface area contributed by atoms with Gasteiger partial charge in [-0.2, -0.15) is 0 Å². The molecular formula is C12H21BrN2S. The van der Waals surface area contributed by atoms with Gasteiger partial charge in [-0.3, -0.25) is 0 Å². The van der Waals surface area contributed by atoms with Crippen LogP contribution in [0.5, 0.6) is 0 Å². The maximum Gasteiger partial charge on any atom is 0.0285 e. The minimum atomic E-state index is 0.639. The van der Waals surface area contributed by atoms with Crippen molar-refractivity contribution < 1.29 is 0 Å². The molecule has 0 saturated carbocycles. The smallest absolute Gasteiger partial charge is 0.0285 e. The summed E-state index contributed by atoms with van der Waals surface area (Å²) >= 11 is 5.31. The Morgan fingerprint density at radius 2 is 2.31 bits per heavy atom. The lowest BCUT2D eigenvalue weighted by atomic mass is 10.1. The number of halogens is 1. The van der Waals surface area contributed by atoms with Crippen LogP contribution in [0.25, 0.3) is 0 Å². The van der Waals surface area contributed by atoms with E-state index in [1.165, 1.54) is 15.8 Å². The lowest BCUT2D eigenvalue weighted by Gasteiger charge is -2.21. The van der Waals surface area contributed by atoms with Crippen LogP contribution < -0.4 is 5.73 Å². The average molecular weight is 305 g/mol. The number of hydrogen-bond acceptors (Lipinski definition) is 3. The highest BCUT2D eigenvalue weighted by Gasteiger charge is 2.08. The maximum atomic E-state index is 5.71. The van der Waals surface area contributed by atoms with Crippen LogP contribution >= 0.6 is 27.3 Å². The Bertz CT molecular complexity index is 297. The molecule has 1 aromatic rings. The van der Waals surface area contributed by atoms with Crippen LogP contribution in [0.15, 0.2) is 15.9 Å². The largest absolute Gasteiger partial charge is 0.330 e. The fourth-order valence-electron chi connectivity index (χ4n) is 1.69. The van der Waals surface area contributed by atoms with Gasteiger partial charge >= 0.3 is 0 Å². The molecule has 0 aliphatic heterocycles. The first-order chi connectivity index (χ1) is 7.65. The quantitative estimate of drug-likeness (QED) is 0.839. The van der Waals surface area contributed by atoms with Crippen molar-refractivity contribution in [2.24, 2.45) is 11.7 Å². The molecule has 0 aliphatic carbocycles. The third-order valence-corrected chi connectivity index (χ3v) is 4.60. The Labute approximate surface area is 111 Å². The second-order valence-corrected chi connectivity index (χ2v) is 6.16. The molecule has 1 rings (SSSR count). The van der Waals surface area contributed by atoms with E-state index in [9.17, 15) is 0 Å². The van der Waals surface area contributed by atoms with Crippen molar-refractivity contribution in [3.8, 4) is 0 Å². The molecule has 2 nitrogen and oxygen atoms in total. The van der Waals surface area contributed by atoms with Crippen molar-refractivity contribution >= 4 is 27.3 Å². The van der Waals surface area contributed by atoms with Gasteiger partial charge in [0.15, 0.2) is 0 Å². The van der Waals surface area contributed by atoms with Crippen LogP contribution in [-0.4, -0.2) is 31.6 Å². The molecule has 0 aromatic carbocycles. The molecule has 92 valence electrons. The van der Waals surface area contributed by atoms with E-state index >= 15 is 0 Å². The van der Waals surface area contributed by atoms with E-state index in [1.807, 2.05) is 11.3 Å². The normalized spacial score (nSPS) is 13.3. The molecule has 1 aromatic heterocycles. The average Bonchev–Trinajstić information content (AvgIpc) is 2.69. The molecule has 1 heterocycles. The molecule has 0 amide bonds. The molecule has 0 aliphatic rings. The van der Waals surface area contributed by atoms with Crippen molar-refractivity contribution in [2.75, 3.05) is 26.7 Å². The molecular weight excluding hydrogens is 284 g/mol. The minimum Gasteiger partial charge on any atom is -0.330 e. The highest BCUT2D eigenvalue weighted by molar-refractivity contribution is 9.10. The Balaban J connectivity index is 2.26. The van der Waals surface area contributed by atoms with Gasteiger partial charge in [0.25, 0.3) is 0 Å². The molecule has 0 bridgehead atoms. The fourth-order valence-corrected chi connectivity index (χ4v) is 3.13. The highest BCUT2D eigenvalue weighted by Crippen LogP contribution is 2.20. The van der Waals surface area contributed by atoms with E-state index in [2.05, 4.69) is 46.2 Å². The first-order valence-corrected chi connectivity index (χ1v) is 7.44. The van der Waals surface area contributed by atoms with Gasteiger partial charge in [-0.05, 0) is 47.9 Å². The van der Waals surface area contributed by atoms with Gasteiger partial charge in [-0.25, -0.2) is 0 Å². The summed E-state index contributed by atoms with van der Waals surface area (Å²) in [6.07, 6.45) is 2.30. The van der Waals surface area contributed by atoms with Crippen molar-refractivity contribution in [3.63, 3.8) is 0 Å². The van der Waals surface area contributed by atoms with Crippen LogP contribution in [0.4, 0.5) is 0 Å². The summed E-state index contributed by atoms with van der Waals surface area (Å²) < 4.78 is 1.20. The molecule has 4 heteroatoms. The monoisotopic (exact) mass is 304 g/mol. The van der Waals surface area contributed by atoms with Crippen molar-refractivity contribution in [1.82, 2.24) is 4.90 Å². The molecule has 0 radical (unpaired) electrons. The van der Waals surface area contributed by atoms with Crippen molar-refractivity contribution in [3.05, 3.63) is 20.8 Å². The standard InChI is InChI=1S/C12H21BrN2S/c1-3-10(7-14)8-15(2)5-4-12-6-11(13)9-16-12/h6,9-10H,3-5,7-8,14H2,1-2H3. The van der Waals surface area contributed by atoms with E-state index in [0.717, 1.165) is 26.1 Å². The third-order valence-electron chi connectivity index (χ3n) is 2.84. The van der Waals surface area contributed by atoms with E-state index in [4.69, 9.17) is 5.73 Å². The summed E-state index contributed by atoms with van der Waals surface area (Å²) in [6, 6.07) is 2.21. The lowest BCUT2D eigenvalue weighted by Crippen LogP contribution is -2.31. The first kappa shape index (κ1) is 14.2. The topological polar surface area (TPSA) is 29.3 Å². The zero-order valence-electron chi connectivity index (χ0n) is 10.1. The van der Waals surface area contributed by atoms with E-state index < -0.39 is 0 Å². The minimum absolute atomic E-state index is 0.639. The van der Waals surface area contributed by atoms with Crippen molar-refractivity contribution in [1.29, 1.82) is 0 Å². The number of rotatable bonds is 7. The Morgan fingerprint density at radius 3 is 2.81 bits per heavy atom. The molecule has 0 saturated heterocycles. The number of thiophene rings is 1. The Kier molecular flexibility index (Phi) is 6.58. The number of likely N-dealkylation sites (N-methyl/N-ethyl adjacent to an activating group) is 1. The maximum absolute atomic E-state index is 5.71. The number of nitrogens with zero attached hydrogens (tertiary/aromatic N) is 1. The van der Waals surface area contributed by atoms with Gasteiger partial charge in [0, 0.05) is 27.8 Å². The number of hydrogen-bond donors (Lipinski definition) is 1. The van der Waals surface area contributed by atoms with Gasteiger partial charge in [-0.1, -0.05) is 13.3 Å². The summed E-state index contributed by atoms with van der Waals surface area (Å²) in [4.78, 5) is 3.83. The van der Waals surface area contributed by atoms with Crippen LogP contribution in [-0.2, 0) is 6.42 Å².